The summed E-state index contributed by atoms with van der Waals surface area (Å²) in [7, 11) is 0. The Balaban J connectivity index is 2.21. The van der Waals surface area contributed by atoms with Gasteiger partial charge in [0, 0.05) is 5.92 Å². The van der Waals surface area contributed by atoms with E-state index in [0.29, 0.717) is 5.56 Å². The van der Waals surface area contributed by atoms with Crippen LogP contribution in [0.3, 0.4) is 0 Å². The average Bonchev–Trinajstić information content (AvgIpc) is 2.59. The van der Waals surface area contributed by atoms with Crippen molar-refractivity contribution < 1.29 is 9.90 Å². The fourth-order valence-corrected chi connectivity index (χ4v) is 3.01. The highest BCUT2D eigenvalue weighted by Crippen LogP contribution is 2.34. The zero-order valence-electron chi connectivity index (χ0n) is 13.9. The second-order valence-electron chi connectivity index (χ2n) is 6.15. The van der Waals surface area contributed by atoms with E-state index in [4.69, 9.17) is 0 Å². The molecule has 3 aromatic carbocycles. The maximum absolute atomic E-state index is 11.7. The van der Waals surface area contributed by atoms with Crippen LogP contribution in [0.1, 0.15) is 44.1 Å². The normalized spacial score (nSPS) is 10.8. The fraction of sp³-hybridized carbons (Fsp3) is 0.136. The molecule has 24 heavy (non-hydrogen) atoms. The van der Waals surface area contributed by atoms with Crippen molar-refractivity contribution in [2.45, 2.75) is 19.8 Å². The number of aryl methyl sites for hydroxylation is 2. The highest BCUT2D eigenvalue weighted by atomic mass is 16.4. The SMILES string of the molecule is Cc1ccc(C(c2ccc(C)cc2)c2ccccc2C(=O)O)cc1. The van der Waals surface area contributed by atoms with Gasteiger partial charge in [0.05, 0.1) is 5.56 Å². The lowest BCUT2D eigenvalue weighted by Crippen LogP contribution is -2.10. The maximum atomic E-state index is 11.7. The number of rotatable bonds is 4. The van der Waals surface area contributed by atoms with Gasteiger partial charge in [0.1, 0.15) is 0 Å². The molecule has 0 aromatic heterocycles. The zero-order valence-corrected chi connectivity index (χ0v) is 13.9. The van der Waals surface area contributed by atoms with Gasteiger partial charge in [0.25, 0.3) is 0 Å². The van der Waals surface area contributed by atoms with Crippen molar-refractivity contribution in [1.29, 1.82) is 0 Å². The Morgan fingerprint density at radius 1 is 0.750 bits per heavy atom. The van der Waals surface area contributed by atoms with Crippen LogP contribution in [0.5, 0.6) is 0 Å². The van der Waals surface area contributed by atoms with Gasteiger partial charge in [0.2, 0.25) is 0 Å². The molecule has 2 nitrogen and oxygen atoms in total. The molecule has 0 unspecified atom stereocenters. The first-order valence-electron chi connectivity index (χ1n) is 8.01. The second kappa shape index (κ2) is 6.71. The van der Waals surface area contributed by atoms with Crippen LogP contribution in [-0.2, 0) is 0 Å². The Bertz CT molecular complexity index is 800. The Labute approximate surface area is 142 Å². The largest absolute Gasteiger partial charge is 0.478 e. The van der Waals surface area contributed by atoms with Crippen molar-refractivity contribution in [2.75, 3.05) is 0 Å². The molecular formula is C22H20O2. The third kappa shape index (κ3) is 3.23. The van der Waals surface area contributed by atoms with Crippen LogP contribution >= 0.6 is 0 Å². The number of carboxylic acids is 1. The standard InChI is InChI=1S/C22H20O2/c1-15-7-11-17(12-8-15)21(18-13-9-16(2)10-14-18)19-5-3-4-6-20(19)22(23)24/h3-14,21H,1-2H3,(H,23,24). The second-order valence-corrected chi connectivity index (χ2v) is 6.15. The van der Waals surface area contributed by atoms with Gasteiger partial charge in [0.15, 0.2) is 0 Å². The molecular weight excluding hydrogens is 296 g/mol. The van der Waals surface area contributed by atoms with Crippen molar-refractivity contribution in [3.05, 3.63) is 106 Å². The van der Waals surface area contributed by atoms with Crippen LogP contribution in [0.2, 0.25) is 0 Å². The molecule has 0 fully saturated rings. The Morgan fingerprint density at radius 3 is 1.67 bits per heavy atom. The van der Waals surface area contributed by atoms with Crippen LogP contribution in [0.15, 0.2) is 72.8 Å². The minimum absolute atomic E-state index is 0.0986. The molecule has 0 saturated heterocycles. The lowest BCUT2D eigenvalue weighted by atomic mass is 9.82. The van der Waals surface area contributed by atoms with Crippen molar-refractivity contribution in [2.24, 2.45) is 0 Å². The first kappa shape index (κ1) is 16.0. The summed E-state index contributed by atoms with van der Waals surface area (Å²) in [5.41, 5.74) is 5.73. The molecule has 0 heterocycles. The molecule has 0 spiro atoms. The molecule has 0 aliphatic heterocycles. The van der Waals surface area contributed by atoms with Crippen LogP contribution in [0.4, 0.5) is 0 Å². The third-order valence-corrected chi connectivity index (χ3v) is 4.32. The van der Waals surface area contributed by atoms with Crippen LogP contribution in [-0.4, -0.2) is 11.1 Å². The predicted molar refractivity (Wildman–Crippen MR) is 96.7 cm³/mol. The molecule has 3 rings (SSSR count). The minimum atomic E-state index is -0.894. The number of hydrogen-bond acceptors (Lipinski definition) is 1. The molecule has 0 radical (unpaired) electrons. The quantitative estimate of drug-likeness (QED) is 0.673. The van der Waals surface area contributed by atoms with Gasteiger partial charge < -0.3 is 5.11 Å². The number of benzene rings is 3. The van der Waals surface area contributed by atoms with E-state index >= 15 is 0 Å². The molecule has 3 aromatic rings. The van der Waals surface area contributed by atoms with Crippen LogP contribution < -0.4 is 0 Å². The summed E-state index contributed by atoms with van der Waals surface area (Å²) in [5, 5.41) is 9.60. The monoisotopic (exact) mass is 316 g/mol. The summed E-state index contributed by atoms with van der Waals surface area (Å²) < 4.78 is 0. The van der Waals surface area contributed by atoms with Gasteiger partial charge in [-0.2, -0.15) is 0 Å². The lowest BCUT2D eigenvalue weighted by Gasteiger charge is -2.21. The van der Waals surface area contributed by atoms with Gasteiger partial charge in [-0.1, -0.05) is 77.9 Å². The Hall–Kier alpha value is -2.87. The highest BCUT2D eigenvalue weighted by Gasteiger charge is 2.22. The van der Waals surface area contributed by atoms with E-state index in [9.17, 15) is 9.90 Å². The molecule has 0 aliphatic rings. The number of carboxylic acid groups (broad SMARTS) is 1. The first-order valence-corrected chi connectivity index (χ1v) is 8.01. The number of aromatic carboxylic acids is 1. The third-order valence-electron chi connectivity index (χ3n) is 4.32. The molecule has 0 bridgehead atoms. The Morgan fingerprint density at radius 2 is 1.21 bits per heavy atom. The summed E-state index contributed by atoms with van der Waals surface area (Å²) in [6.07, 6.45) is 0. The van der Waals surface area contributed by atoms with Gasteiger partial charge in [-0.3, -0.25) is 0 Å². The minimum Gasteiger partial charge on any atom is -0.478 e. The van der Waals surface area contributed by atoms with E-state index in [0.717, 1.165) is 16.7 Å². The molecule has 120 valence electrons. The first-order chi connectivity index (χ1) is 11.6. The summed E-state index contributed by atoms with van der Waals surface area (Å²) in [6.45, 7) is 4.10. The number of carbonyl (C=O) groups is 1. The molecule has 0 saturated carbocycles. The zero-order chi connectivity index (χ0) is 17.1. The average molecular weight is 316 g/mol. The summed E-state index contributed by atoms with van der Waals surface area (Å²) in [4.78, 5) is 11.7. The topological polar surface area (TPSA) is 37.3 Å². The Kier molecular flexibility index (Phi) is 4.48. The van der Waals surface area contributed by atoms with E-state index in [1.807, 2.05) is 12.1 Å². The van der Waals surface area contributed by atoms with E-state index in [1.165, 1.54) is 11.1 Å². The lowest BCUT2D eigenvalue weighted by molar-refractivity contribution is 0.0695. The molecule has 1 N–H and O–H groups in total. The van der Waals surface area contributed by atoms with Gasteiger partial charge in [-0.15, -0.1) is 0 Å². The van der Waals surface area contributed by atoms with Gasteiger partial charge >= 0.3 is 5.97 Å². The molecule has 0 atom stereocenters. The molecule has 0 aliphatic carbocycles. The predicted octanol–water partition coefficient (Wildman–Crippen LogP) is 5.18. The van der Waals surface area contributed by atoms with Crippen molar-refractivity contribution >= 4 is 5.97 Å². The fourth-order valence-electron chi connectivity index (χ4n) is 3.01. The van der Waals surface area contributed by atoms with Crippen molar-refractivity contribution in [3.63, 3.8) is 0 Å². The molecule has 2 heteroatoms. The smallest absolute Gasteiger partial charge is 0.335 e. The number of hydrogen-bond donors (Lipinski definition) is 1. The van der Waals surface area contributed by atoms with Crippen LogP contribution in [0.25, 0.3) is 0 Å². The van der Waals surface area contributed by atoms with Crippen LogP contribution in [0, 0.1) is 13.8 Å². The highest BCUT2D eigenvalue weighted by molar-refractivity contribution is 5.90. The van der Waals surface area contributed by atoms with E-state index in [1.54, 1.807) is 12.1 Å². The summed E-state index contributed by atoms with van der Waals surface area (Å²) >= 11 is 0. The van der Waals surface area contributed by atoms with Gasteiger partial charge in [-0.05, 0) is 36.6 Å². The van der Waals surface area contributed by atoms with Crippen molar-refractivity contribution in [1.82, 2.24) is 0 Å². The van der Waals surface area contributed by atoms with E-state index in [-0.39, 0.29) is 5.92 Å². The summed E-state index contributed by atoms with van der Waals surface area (Å²) in [6, 6.07) is 23.9. The van der Waals surface area contributed by atoms with Gasteiger partial charge in [-0.25, -0.2) is 4.79 Å². The van der Waals surface area contributed by atoms with E-state index in [2.05, 4.69) is 62.4 Å². The molecule has 0 amide bonds. The maximum Gasteiger partial charge on any atom is 0.335 e. The summed E-state index contributed by atoms with van der Waals surface area (Å²) in [5.74, 6) is -0.992. The van der Waals surface area contributed by atoms with Crippen molar-refractivity contribution in [3.8, 4) is 0 Å². The van der Waals surface area contributed by atoms with E-state index < -0.39 is 5.97 Å².